The number of nitrogens with zero attached hydrogens (tertiary/aromatic N) is 1. The number of anilines is 2. The highest BCUT2D eigenvalue weighted by atomic mass is 35.5. The number of benzene rings is 2. The van der Waals surface area contributed by atoms with E-state index in [2.05, 4.69) is 5.32 Å². The lowest BCUT2D eigenvalue weighted by Crippen LogP contribution is -2.33. The smallest absolute Gasteiger partial charge is 0.340 e. The van der Waals surface area contributed by atoms with E-state index < -0.39 is 23.8 Å². The van der Waals surface area contributed by atoms with Gasteiger partial charge in [-0.15, -0.1) is 0 Å². The Kier molecular flexibility index (Phi) is 7.18. The highest BCUT2D eigenvalue weighted by Crippen LogP contribution is 2.32. The number of hydrogen-bond acceptors (Lipinski definition) is 7. The first-order valence-corrected chi connectivity index (χ1v) is 10.6. The van der Waals surface area contributed by atoms with Crippen molar-refractivity contribution in [2.75, 3.05) is 10.2 Å². The molecule has 0 atom stereocenters. The second kappa shape index (κ2) is 9.87. The predicted octanol–water partition coefficient (Wildman–Crippen LogP) is 4.25. The summed E-state index contributed by atoms with van der Waals surface area (Å²) in [4.78, 5) is 51.2. The lowest BCUT2D eigenvalue weighted by atomic mass is 10.1. The molecule has 0 aliphatic carbocycles. The Morgan fingerprint density at radius 3 is 2.03 bits per heavy atom. The van der Waals surface area contributed by atoms with E-state index in [4.69, 9.17) is 21.1 Å². The van der Waals surface area contributed by atoms with E-state index in [0.717, 1.165) is 4.90 Å². The molecular formula is C24H23ClN2O6. The first-order chi connectivity index (χ1) is 15.6. The van der Waals surface area contributed by atoms with Crippen LogP contribution >= 0.6 is 11.6 Å². The summed E-state index contributed by atoms with van der Waals surface area (Å²) >= 11 is 6.19. The van der Waals surface area contributed by atoms with Gasteiger partial charge in [0.05, 0.1) is 29.0 Å². The number of ether oxygens (including phenoxy) is 2. The highest BCUT2D eigenvalue weighted by Gasteiger charge is 2.40. The summed E-state index contributed by atoms with van der Waals surface area (Å²) in [5, 5.41) is 2.50. The summed E-state index contributed by atoms with van der Waals surface area (Å²) in [7, 11) is 0. The Bertz CT molecular complexity index is 1140. The molecule has 0 spiro atoms. The average Bonchev–Trinajstić information content (AvgIpc) is 2.96. The number of rotatable bonds is 7. The van der Waals surface area contributed by atoms with Crippen LogP contribution < -0.4 is 10.2 Å². The monoisotopic (exact) mass is 470 g/mol. The summed E-state index contributed by atoms with van der Waals surface area (Å²) in [5.41, 5.74) is 0.750. The molecule has 0 saturated heterocycles. The van der Waals surface area contributed by atoms with Crippen molar-refractivity contribution >= 4 is 46.7 Å². The van der Waals surface area contributed by atoms with Crippen molar-refractivity contribution in [3.63, 3.8) is 0 Å². The van der Waals surface area contributed by atoms with Crippen molar-refractivity contribution < 1.29 is 28.7 Å². The van der Waals surface area contributed by atoms with E-state index in [1.54, 1.807) is 52.0 Å². The molecule has 0 unspecified atom stereocenters. The summed E-state index contributed by atoms with van der Waals surface area (Å²) in [6.45, 7) is 6.89. The maximum absolute atomic E-state index is 13.1. The molecule has 2 amide bonds. The molecule has 0 saturated carbocycles. The van der Waals surface area contributed by atoms with Crippen molar-refractivity contribution in [1.29, 1.82) is 0 Å². The molecule has 33 heavy (non-hydrogen) atoms. The lowest BCUT2D eigenvalue weighted by molar-refractivity contribution is -0.120. The number of imide groups is 1. The number of halogens is 1. The summed E-state index contributed by atoms with van der Waals surface area (Å²) in [6, 6.07) is 12.3. The Labute approximate surface area is 196 Å². The fourth-order valence-electron chi connectivity index (χ4n) is 3.07. The number of para-hydroxylation sites is 1. The van der Waals surface area contributed by atoms with Gasteiger partial charge in [-0.3, -0.25) is 9.59 Å². The molecular weight excluding hydrogens is 448 g/mol. The third-order valence-electron chi connectivity index (χ3n) is 4.47. The minimum absolute atomic E-state index is 0.0617. The van der Waals surface area contributed by atoms with Gasteiger partial charge >= 0.3 is 11.9 Å². The van der Waals surface area contributed by atoms with Gasteiger partial charge < -0.3 is 14.8 Å². The largest absolute Gasteiger partial charge is 0.459 e. The summed E-state index contributed by atoms with van der Waals surface area (Å²) in [5.74, 6) is -2.64. The normalized spacial score (nSPS) is 13.7. The van der Waals surface area contributed by atoms with E-state index in [1.807, 2.05) is 0 Å². The minimum atomic E-state index is -0.772. The molecule has 172 valence electrons. The van der Waals surface area contributed by atoms with Gasteiger partial charge in [0.25, 0.3) is 11.8 Å². The van der Waals surface area contributed by atoms with Crippen LogP contribution in [0.2, 0.25) is 0 Å². The molecule has 0 radical (unpaired) electrons. The predicted molar refractivity (Wildman–Crippen MR) is 123 cm³/mol. The second-order valence-electron chi connectivity index (χ2n) is 7.76. The molecule has 1 aliphatic rings. The van der Waals surface area contributed by atoms with Crippen LogP contribution in [0.15, 0.2) is 59.3 Å². The van der Waals surface area contributed by atoms with Crippen LogP contribution in [0.4, 0.5) is 11.4 Å². The quantitative estimate of drug-likeness (QED) is 0.476. The summed E-state index contributed by atoms with van der Waals surface area (Å²) in [6.07, 6.45) is -0.636. The van der Waals surface area contributed by atoms with E-state index in [0.29, 0.717) is 11.3 Å². The van der Waals surface area contributed by atoms with Crippen LogP contribution in [-0.2, 0) is 19.1 Å². The Balaban J connectivity index is 1.84. The molecule has 8 nitrogen and oxygen atoms in total. The number of esters is 2. The zero-order valence-electron chi connectivity index (χ0n) is 18.5. The van der Waals surface area contributed by atoms with Crippen LogP contribution in [0, 0.1) is 0 Å². The van der Waals surface area contributed by atoms with Crippen LogP contribution in [-0.4, -0.2) is 36.0 Å². The third-order valence-corrected chi connectivity index (χ3v) is 4.82. The molecule has 1 N–H and O–H groups in total. The Hall–Kier alpha value is -3.65. The van der Waals surface area contributed by atoms with Crippen LogP contribution in [0.1, 0.15) is 48.4 Å². The first kappa shape index (κ1) is 24.0. The maximum atomic E-state index is 13.1. The third kappa shape index (κ3) is 5.23. The number of hydrogen-bond donors (Lipinski definition) is 1. The molecule has 0 fully saturated rings. The Morgan fingerprint density at radius 2 is 1.42 bits per heavy atom. The van der Waals surface area contributed by atoms with Gasteiger partial charge in [-0.25, -0.2) is 14.5 Å². The molecule has 2 aromatic carbocycles. The number of nitrogens with one attached hydrogen (secondary N) is 1. The molecule has 0 bridgehead atoms. The topological polar surface area (TPSA) is 102 Å². The van der Waals surface area contributed by atoms with E-state index in [9.17, 15) is 19.2 Å². The van der Waals surface area contributed by atoms with Crippen molar-refractivity contribution in [2.24, 2.45) is 0 Å². The molecule has 2 aromatic rings. The standard InChI is InChI=1S/C24H23ClN2O6/c1-13(2)32-23(30)15-9-11-16(12-10-15)26-20-19(25)21(28)27(22(20)29)18-8-6-5-7-17(18)24(31)33-14(3)4/h5-14,26H,1-4H3. The molecule has 1 heterocycles. The highest BCUT2D eigenvalue weighted by molar-refractivity contribution is 6.53. The van der Waals surface area contributed by atoms with Crippen LogP contribution in [0.5, 0.6) is 0 Å². The van der Waals surface area contributed by atoms with E-state index >= 15 is 0 Å². The van der Waals surface area contributed by atoms with Crippen LogP contribution in [0.3, 0.4) is 0 Å². The average molecular weight is 471 g/mol. The lowest BCUT2D eigenvalue weighted by Gasteiger charge is -2.19. The van der Waals surface area contributed by atoms with Gasteiger partial charge in [-0.1, -0.05) is 23.7 Å². The number of carbonyl (C=O) groups excluding carboxylic acids is 4. The van der Waals surface area contributed by atoms with E-state index in [1.165, 1.54) is 24.3 Å². The number of amides is 2. The zero-order chi connectivity index (χ0) is 24.3. The van der Waals surface area contributed by atoms with Gasteiger partial charge in [0.15, 0.2) is 0 Å². The Morgan fingerprint density at radius 1 is 0.848 bits per heavy atom. The first-order valence-electron chi connectivity index (χ1n) is 10.3. The van der Waals surface area contributed by atoms with E-state index in [-0.39, 0.29) is 34.2 Å². The molecule has 3 rings (SSSR count). The minimum Gasteiger partial charge on any atom is -0.459 e. The fourth-order valence-corrected chi connectivity index (χ4v) is 3.28. The van der Waals surface area contributed by atoms with Gasteiger partial charge in [-0.05, 0) is 64.1 Å². The van der Waals surface area contributed by atoms with Crippen molar-refractivity contribution in [3.8, 4) is 0 Å². The van der Waals surface area contributed by atoms with Crippen molar-refractivity contribution in [2.45, 2.75) is 39.9 Å². The van der Waals surface area contributed by atoms with Gasteiger partial charge in [0.2, 0.25) is 0 Å². The molecule has 0 aromatic heterocycles. The zero-order valence-corrected chi connectivity index (χ0v) is 19.3. The van der Waals surface area contributed by atoms with Crippen LogP contribution in [0.25, 0.3) is 0 Å². The van der Waals surface area contributed by atoms with Gasteiger partial charge in [0, 0.05) is 5.69 Å². The molecule has 1 aliphatic heterocycles. The molecule has 9 heteroatoms. The fraction of sp³-hybridized carbons (Fsp3) is 0.250. The summed E-state index contributed by atoms with van der Waals surface area (Å²) < 4.78 is 10.4. The van der Waals surface area contributed by atoms with Crippen molar-refractivity contribution in [1.82, 2.24) is 0 Å². The number of carbonyl (C=O) groups is 4. The van der Waals surface area contributed by atoms with Crippen molar-refractivity contribution in [3.05, 3.63) is 70.4 Å². The van der Waals surface area contributed by atoms with Gasteiger partial charge in [0.1, 0.15) is 10.7 Å². The second-order valence-corrected chi connectivity index (χ2v) is 8.14. The SMILES string of the molecule is CC(C)OC(=O)c1ccc(NC2=C(Cl)C(=O)N(c3ccccc3C(=O)OC(C)C)C2=O)cc1. The maximum Gasteiger partial charge on any atom is 0.340 e. The van der Waals surface area contributed by atoms with Gasteiger partial charge in [-0.2, -0.15) is 0 Å².